The van der Waals surface area contributed by atoms with Crippen LogP contribution in [0.4, 0.5) is 0 Å². The van der Waals surface area contributed by atoms with Gasteiger partial charge in [-0.3, -0.25) is 19.4 Å². The van der Waals surface area contributed by atoms with Gasteiger partial charge >= 0.3 is 19.8 Å². The first kappa shape index (κ1) is 22.8. The summed E-state index contributed by atoms with van der Waals surface area (Å²) in [6, 6.07) is 6.30. The van der Waals surface area contributed by atoms with Crippen molar-refractivity contribution in [2.45, 2.75) is 38.5 Å². The van der Waals surface area contributed by atoms with Crippen molar-refractivity contribution in [3.63, 3.8) is 0 Å². The normalized spacial score (nSPS) is 26.3. The van der Waals surface area contributed by atoms with Gasteiger partial charge < -0.3 is 19.5 Å². The van der Waals surface area contributed by atoms with E-state index in [1.165, 1.54) is 18.6 Å². The summed E-state index contributed by atoms with van der Waals surface area (Å²) < 4.78 is 22.1. The molecule has 5 rings (SSSR count). The second-order valence-electron chi connectivity index (χ2n) is 9.06. The van der Waals surface area contributed by atoms with Crippen LogP contribution in [0.1, 0.15) is 44.1 Å². The van der Waals surface area contributed by atoms with Crippen molar-refractivity contribution in [3.8, 4) is 5.75 Å². The zero-order valence-electron chi connectivity index (χ0n) is 17.4. The van der Waals surface area contributed by atoms with Crippen molar-refractivity contribution >= 4 is 25.5 Å². The smallest absolute Gasteiger partial charge is 0.493 e. The molecule has 4 aliphatic rings. The van der Waals surface area contributed by atoms with E-state index in [1.807, 2.05) is 0 Å². The minimum absolute atomic E-state index is 0.00435. The largest absolute Gasteiger partial charge is 0.524 e. The quantitative estimate of drug-likeness (QED) is 0.243. The molecule has 1 aromatic carbocycles. The molecule has 0 spiro atoms. The fraction of sp³-hybridized carbons (Fsp3) is 0.545. The Hall–Kier alpha value is -2.35. The second kappa shape index (κ2) is 8.89. The molecule has 1 aromatic rings. The maximum absolute atomic E-state index is 11.3. The lowest BCUT2D eigenvalue weighted by Crippen LogP contribution is -2.41. The van der Waals surface area contributed by atoms with Crippen molar-refractivity contribution in [2.24, 2.45) is 29.6 Å². The van der Waals surface area contributed by atoms with Crippen LogP contribution in [0.25, 0.3) is 5.76 Å². The molecule has 4 bridgehead atoms. The van der Waals surface area contributed by atoms with E-state index in [1.54, 1.807) is 12.1 Å². The molecule has 0 aliphatic heterocycles. The summed E-state index contributed by atoms with van der Waals surface area (Å²) in [5, 5.41) is 18.3. The number of phosphoric acid groups is 1. The molecule has 4 fully saturated rings. The van der Waals surface area contributed by atoms with Gasteiger partial charge in [-0.15, -0.1) is 0 Å². The molecule has 10 heteroatoms. The molecule has 0 radical (unpaired) electrons. The molecule has 0 aromatic heterocycles. The summed E-state index contributed by atoms with van der Waals surface area (Å²) in [6.45, 7) is -0.0992. The molecule has 9 nitrogen and oxygen atoms in total. The van der Waals surface area contributed by atoms with Crippen LogP contribution in [-0.2, 0) is 18.9 Å². The molecular formula is C22H27O9P. The van der Waals surface area contributed by atoms with Gasteiger partial charge in [0.15, 0.2) is 5.92 Å². The van der Waals surface area contributed by atoms with Crippen molar-refractivity contribution in [2.75, 3.05) is 6.61 Å². The standard InChI is InChI=1S/C22H27O9P/c23-21(24)18(22(25)26)4-5-30-20(14-2-1-3-17(11-14)31-32(27,28)29)19-15-7-12-6-13(9-15)10-16(19)8-12/h1-3,11-13,15-16,18H,4-10H2,(H,23,24)(H,25,26)(H2,27,28,29). The second-order valence-corrected chi connectivity index (χ2v) is 10.2. The number of rotatable bonds is 9. The number of hydrogen-bond donors (Lipinski definition) is 4. The van der Waals surface area contributed by atoms with E-state index in [9.17, 15) is 14.2 Å². The summed E-state index contributed by atoms with van der Waals surface area (Å²) in [5.74, 6) is -1.73. The molecule has 0 saturated heterocycles. The molecule has 0 atom stereocenters. The fourth-order valence-corrected chi connectivity index (χ4v) is 6.25. The van der Waals surface area contributed by atoms with Gasteiger partial charge in [-0.2, -0.15) is 0 Å². The van der Waals surface area contributed by atoms with Crippen LogP contribution >= 0.6 is 7.82 Å². The van der Waals surface area contributed by atoms with E-state index < -0.39 is 25.7 Å². The van der Waals surface area contributed by atoms with Gasteiger partial charge in [0.1, 0.15) is 11.5 Å². The number of ether oxygens (including phenoxy) is 1. The number of aliphatic carboxylic acids is 2. The lowest BCUT2D eigenvalue weighted by molar-refractivity contribution is -0.155. The van der Waals surface area contributed by atoms with Crippen LogP contribution < -0.4 is 4.52 Å². The highest BCUT2D eigenvalue weighted by Crippen LogP contribution is 2.58. The van der Waals surface area contributed by atoms with Crippen LogP contribution in [0.5, 0.6) is 5.75 Å². The monoisotopic (exact) mass is 466 g/mol. The minimum Gasteiger partial charge on any atom is -0.493 e. The fourth-order valence-electron chi connectivity index (χ4n) is 5.86. The highest BCUT2D eigenvalue weighted by Gasteiger charge is 2.47. The van der Waals surface area contributed by atoms with Crippen molar-refractivity contribution < 1.29 is 43.4 Å². The van der Waals surface area contributed by atoms with Crippen molar-refractivity contribution in [1.82, 2.24) is 0 Å². The summed E-state index contributed by atoms with van der Waals surface area (Å²) in [6.07, 6.45) is 5.35. The molecule has 4 aliphatic carbocycles. The average molecular weight is 466 g/mol. The zero-order chi connectivity index (χ0) is 23.0. The summed E-state index contributed by atoms with van der Waals surface area (Å²) >= 11 is 0. The molecule has 32 heavy (non-hydrogen) atoms. The number of allylic oxidation sites excluding steroid dienone is 1. The first-order chi connectivity index (χ1) is 15.1. The average Bonchev–Trinajstić information content (AvgIpc) is 2.67. The van der Waals surface area contributed by atoms with E-state index >= 15 is 0 Å². The molecule has 4 saturated carbocycles. The maximum atomic E-state index is 11.3. The van der Waals surface area contributed by atoms with Gasteiger partial charge in [0, 0.05) is 12.0 Å². The first-order valence-electron chi connectivity index (χ1n) is 10.8. The summed E-state index contributed by atoms with van der Waals surface area (Å²) in [4.78, 5) is 40.8. The lowest BCUT2D eigenvalue weighted by atomic mass is 9.54. The predicted octanol–water partition coefficient (Wildman–Crippen LogP) is 3.52. The Labute approximate surface area is 185 Å². The number of phosphoric ester groups is 1. The van der Waals surface area contributed by atoms with E-state index in [4.69, 9.17) is 29.3 Å². The Morgan fingerprint density at radius 1 is 1.00 bits per heavy atom. The third kappa shape index (κ3) is 5.00. The van der Waals surface area contributed by atoms with E-state index in [2.05, 4.69) is 0 Å². The number of carboxylic acids is 2. The van der Waals surface area contributed by atoms with Gasteiger partial charge in [-0.25, -0.2) is 4.57 Å². The molecule has 4 N–H and O–H groups in total. The Morgan fingerprint density at radius 2 is 1.59 bits per heavy atom. The third-order valence-corrected chi connectivity index (χ3v) is 7.30. The van der Waals surface area contributed by atoms with Crippen LogP contribution in [-0.4, -0.2) is 38.5 Å². The Kier molecular flexibility index (Phi) is 6.34. The summed E-state index contributed by atoms with van der Waals surface area (Å²) in [5.41, 5.74) is 1.74. The van der Waals surface area contributed by atoms with Crippen LogP contribution in [0.2, 0.25) is 0 Å². The third-order valence-electron chi connectivity index (χ3n) is 6.85. The summed E-state index contributed by atoms with van der Waals surface area (Å²) in [7, 11) is -4.73. The van der Waals surface area contributed by atoms with Gasteiger partial charge in [0.25, 0.3) is 0 Å². The van der Waals surface area contributed by atoms with E-state index in [0.717, 1.165) is 31.3 Å². The molecule has 0 amide bonds. The first-order valence-corrected chi connectivity index (χ1v) is 12.3. The number of benzene rings is 1. The maximum Gasteiger partial charge on any atom is 0.524 e. The number of hydrogen-bond acceptors (Lipinski definition) is 5. The van der Waals surface area contributed by atoms with Gasteiger partial charge in [-0.1, -0.05) is 12.1 Å². The Balaban J connectivity index is 1.65. The Morgan fingerprint density at radius 3 is 2.12 bits per heavy atom. The SMILES string of the molecule is O=C(O)C(CCOC(=C1C2CC3CC(C2)CC1C3)c1cccc(OP(=O)(O)O)c1)C(=O)O. The highest BCUT2D eigenvalue weighted by atomic mass is 31.2. The minimum atomic E-state index is -4.73. The predicted molar refractivity (Wildman–Crippen MR) is 112 cm³/mol. The van der Waals surface area contributed by atoms with Crippen LogP contribution in [0.3, 0.4) is 0 Å². The highest BCUT2D eigenvalue weighted by molar-refractivity contribution is 7.46. The molecule has 0 heterocycles. The molecular weight excluding hydrogens is 439 g/mol. The van der Waals surface area contributed by atoms with Crippen molar-refractivity contribution in [1.29, 1.82) is 0 Å². The number of carbonyl (C=O) groups is 2. The zero-order valence-corrected chi connectivity index (χ0v) is 18.3. The van der Waals surface area contributed by atoms with Crippen molar-refractivity contribution in [3.05, 3.63) is 35.4 Å². The topological polar surface area (TPSA) is 151 Å². The van der Waals surface area contributed by atoms with Gasteiger partial charge in [0.05, 0.1) is 6.61 Å². The van der Waals surface area contributed by atoms with Crippen LogP contribution in [0, 0.1) is 29.6 Å². The van der Waals surface area contributed by atoms with Gasteiger partial charge in [-0.05, 0) is 73.5 Å². The van der Waals surface area contributed by atoms with Crippen LogP contribution in [0.15, 0.2) is 29.8 Å². The van der Waals surface area contributed by atoms with E-state index in [0.29, 0.717) is 35.0 Å². The Bertz CT molecular complexity index is 935. The molecule has 0 unspecified atom stereocenters. The van der Waals surface area contributed by atoms with E-state index in [-0.39, 0.29) is 18.8 Å². The number of carboxylic acid groups (broad SMARTS) is 2. The lowest BCUT2D eigenvalue weighted by Gasteiger charge is -2.51. The molecule has 174 valence electrons. The van der Waals surface area contributed by atoms with Gasteiger partial charge in [0.2, 0.25) is 0 Å².